The number of nitrogens with zero attached hydrogens (tertiary/aromatic N) is 2. The highest BCUT2D eigenvalue weighted by Gasteiger charge is 2.20. The highest BCUT2D eigenvalue weighted by molar-refractivity contribution is 5.37. The summed E-state index contributed by atoms with van der Waals surface area (Å²) in [5.74, 6) is -1.94. The lowest BCUT2D eigenvalue weighted by Crippen LogP contribution is -2.37. The quantitative estimate of drug-likeness (QED) is 0.621. The molecular weight excluding hydrogens is 280 g/mol. The Morgan fingerprint density at radius 1 is 1.29 bits per heavy atom. The van der Waals surface area contributed by atoms with Crippen LogP contribution in [0.1, 0.15) is 19.4 Å². The van der Waals surface area contributed by atoms with Gasteiger partial charge in [0.2, 0.25) is 5.82 Å². The van der Waals surface area contributed by atoms with Gasteiger partial charge in [0.25, 0.3) is 0 Å². The molecule has 0 saturated carbocycles. The van der Waals surface area contributed by atoms with Crippen LogP contribution in [0.5, 0.6) is 0 Å². The summed E-state index contributed by atoms with van der Waals surface area (Å²) in [6.07, 6.45) is 0. The molecule has 0 fully saturated rings. The third kappa shape index (κ3) is 5.35. The molecule has 5 nitrogen and oxygen atoms in total. The molecule has 1 N–H and O–H groups in total. The Labute approximate surface area is 123 Å². The highest BCUT2D eigenvalue weighted by Crippen LogP contribution is 2.22. The summed E-state index contributed by atoms with van der Waals surface area (Å²) in [6.45, 7) is 5.68. The van der Waals surface area contributed by atoms with Crippen molar-refractivity contribution < 1.29 is 13.7 Å². The van der Waals surface area contributed by atoms with Crippen LogP contribution in [0.15, 0.2) is 12.1 Å². The van der Waals surface area contributed by atoms with E-state index < -0.39 is 22.2 Å². The Hall–Kier alpha value is -1.60. The van der Waals surface area contributed by atoms with Gasteiger partial charge in [0, 0.05) is 37.3 Å². The first kappa shape index (κ1) is 17.5. The van der Waals surface area contributed by atoms with Crippen LogP contribution in [0.2, 0.25) is 0 Å². The van der Waals surface area contributed by atoms with Crippen molar-refractivity contribution in [3.05, 3.63) is 39.4 Å². The van der Waals surface area contributed by atoms with E-state index in [-0.39, 0.29) is 17.5 Å². The molecule has 0 heterocycles. The van der Waals surface area contributed by atoms with Gasteiger partial charge in [0.1, 0.15) is 5.82 Å². The summed E-state index contributed by atoms with van der Waals surface area (Å²) in [6, 6.07) is 1.50. The molecule has 1 rings (SSSR count). The molecule has 0 aliphatic heterocycles. The molecule has 21 heavy (non-hydrogen) atoms. The Bertz CT molecular complexity index is 519. The average molecular weight is 301 g/mol. The van der Waals surface area contributed by atoms with Crippen molar-refractivity contribution in [1.82, 2.24) is 10.2 Å². The zero-order valence-electron chi connectivity index (χ0n) is 12.7. The van der Waals surface area contributed by atoms with Gasteiger partial charge in [-0.1, -0.05) is 13.8 Å². The van der Waals surface area contributed by atoms with Gasteiger partial charge in [-0.3, -0.25) is 10.1 Å². The lowest BCUT2D eigenvalue weighted by molar-refractivity contribution is -0.387. The standard InChI is InChI=1S/C14H21F2N3O2/c1-14(2,9-18(3)4)8-17-7-10-5-13(19(20)21)12(16)6-11(10)15/h5-6,17H,7-9H2,1-4H3. The van der Waals surface area contributed by atoms with Gasteiger partial charge in [-0.2, -0.15) is 4.39 Å². The van der Waals surface area contributed by atoms with Gasteiger partial charge < -0.3 is 10.2 Å². The SMILES string of the molecule is CN(C)CC(C)(C)CNCc1cc([N+](=O)[O-])c(F)cc1F. The first-order valence-electron chi connectivity index (χ1n) is 6.60. The minimum atomic E-state index is -1.16. The van der Waals surface area contributed by atoms with E-state index >= 15 is 0 Å². The number of rotatable bonds is 7. The minimum Gasteiger partial charge on any atom is -0.312 e. The fourth-order valence-electron chi connectivity index (χ4n) is 2.30. The molecule has 0 aliphatic carbocycles. The second-order valence-corrected chi connectivity index (χ2v) is 6.16. The third-order valence-electron chi connectivity index (χ3n) is 2.98. The van der Waals surface area contributed by atoms with E-state index in [4.69, 9.17) is 0 Å². The molecule has 1 aromatic rings. The molecule has 0 aliphatic rings. The average Bonchev–Trinajstić information content (AvgIpc) is 2.29. The number of hydrogen-bond acceptors (Lipinski definition) is 4. The van der Waals surface area contributed by atoms with E-state index in [9.17, 15) is 18.9 Å². The Kier molecular flexibility index (Phi) is 5.74. The van der Waals surface area contributed by atoms with E-state index in [2.05, 4.69) is 19.2 Å². The molecule has 0 radical (unpaired) electrons. The molecule has 118 valence electrons. The summed E-state index contributed by atoms with van der Waals surface area (Å²) in [7, 11) is 3.93. The number of halogens is 2. The molecule has 0 unspecified atom stereocenters. The van der Waals surface area contributed by atoms with Crippen molar-refractivity contribution in [2.24, 2.45) is 5.41 Å². The van der Waals surface area contributed by atoms with Gasteiger partial charge in [-0.15, -0.1) is 0 Å². The lowest BCUT2D eigenvalue weighted by Gasteiger charge is -2.28. The van der Waals surface area contributed by atoms with Crippen molar-refractivity contribution >= 4 is 5.69 Å². The molecule has 0 saturated heterocycles. The Morgan fingerprint density at radius 2 is 1.90 bits per heavy atom. The monoisotopic (exact) mass is 301 g/mol. The van der Waals surface area contributed by atoms with Crippen molar-refractivity contribution in [2.45, 2.75) is 20.4 Å². The van der Waals surface area contributed by atoms with E-state index in [0.717, 1.165) is 12.6 Å². The van der Waals surface area contributed by atoms with Crippen LogP contribution >= 0.6 is 0 Å². The van der Waals surface area contributed by atoms with E-state index in [0.29, 0.717) is 12.6 Å². The number of benzene rings is 1. The van der Waals surface area contributed by atoms with Crippen molar-refractivity contribution in [3.8, 4) is 0 Å². The number of nitro benzene ring substituents is 1. The molecule has 0 aromatic heterocycles. The van der Waals surface area contributed by atoms with Crippen LogP contribution < -0.4 is 5.32 Å². The van der Waals surface area contributed by atoms with Crippen molar-refractivity contribution in [2.75, 3.05) is 27.2 Å². The number of nitro groups is 1. The van der Waals surface area contributed by atoms with Gasteiger partial charge in [0.05, 0.1) is 4.92 Å². The predicted molar refractivity (Wildman–Crippen MR) is 77.1 cm³/mol. The molecule has 0 atom stereocenters. The minimum absolute atomic E-state index is 0.0358. The zero-order valence-corrected chi connectivity index (χ0v) is 12.7. The van der Waals surface area contributed by atoms with Crippen LogP contribution in [0.25, 0.3) is 0 Å². The summed E-state index contributed by atoms with van der Waals surface area (Å²) >= 11 is 0. The van der Waals surface area contributed by atoms with Gasteiger partial charge in [0.15, 0.2) is 0 Å². The topological polar surface area (TPSA) is 58.4 Å². The van der Waals surface area contributed by atoms with Crippen LogP contribution in [-0.4, -0.2) is 37.0 Å². The first-order chi connectivity index (χ1) is 9.62. The maximum absolute atomic E-state index is 13.6. The predicted octanol–water partition coefficient (Wildman–Crippen LogP) is 2.55. The third-order valence-corrected chi connectivity index (χ3v) is 2.98. The summed E-state index contributed by atoms with van der Waals surface area (Å²) < 4.78 is 26.8. The lowest BCUT2D eigenvalue weighted by atomic mass is 9.93. The van der Waals surface area contributed by atoms with Crippen molar-refractivity contribution in [3.63, 3.8) is 0 Å². The molecule has 0 bridgehead atoms. The van der Waals surface area contributed by atoms with Crippen molar-refractivity contribution in [1.29, 1.82) is 0 Å². The molecule has 0 spiro atoms. The summed E-state index contributed by atoms with van der Waals surface area (Å²) in [4.78, 5) is 11.9. The number of nitrogens with one attached hydrogen (secondary N) is 1. The fraction of sp³-hybridized carbons (Fsp3) is 0.571. The molecule has 7 heteroatoms. The molecule has 0 amide bonds. The highest BCUT2D eigenvalue weighted by atomic mass is 19.1. The Balaban J connectivity index is 2.72. The van der Waals surface area contributed by atoms with Gasteiger partial charge in [-0.25, -0.2) is 4.39 Å². The summed E-state index contributed by atoms with van der Waals surface area (Å²) in [5.41, 5.74) is -0.657. The van der Waals surface area contributed by atoms with Crippen LogP contribution in [0.3, 0.4) is 0 Å². The van der Waals surface area contributed by atoms with Gasteiger partial charge in [-0.05, 0) is 19.5 Å². The maximum atomic E-state index is 13.6. The van der Waals surface area contributed by atoms with Gasteiger partial charge >= 0.3 is 5.69 Å². The largest absolute Gasteiger partial charge is 0.312 e. The van der Waals surface area contributed by atoms with Crippen LogP contribution in [-0.2, 0) is 6.54 Å². The molecular formula is C14H21F2N3O2. The van der Waals surface area contributed by atoms with E-state index in [1.54, 1.807) is 0 Å². The van der Waals surface area contributed by atoms with E-state index in [1.165, 1.54) is 0 Å². The van der Waals surface area contributed by atoms with Crippen LogP contribution in [0, 0.1) is 27.2 Å². The smallest absolute Gasteiger partial charge is 0.305 e. The molecule has 1 aromatic carbocycles. The normalized spacial score (nSPS) is 12.0. The first-order valence-corrected chi connectivity index (χ1v) is 6.60. The maximum Gasteiger partial charge on any atom is 0.305 e. The second kappa shape index (κ2) is 6.91. The Morgan fingerprint density at radius 3 is 2.43 bits per heavy atom. The zero-order chi connectivity index (χ0) is 16.2. The van der Waals surface area contributed by atoms with Crippen LogP contribution in [0.4, 0.5) is 14.5 Å². The second-order valence-electron chi connectivity index (χ2n) is 6.16. The van der Waals surface area contributed by atoms with E-state index in [1.807, 2.05) is 19.0 Å². The fourth-order valence-corrected chi connectivity index (χ4v) is 2.30. The number of hydrogen-bond donors (Lipinski definition) is 1. The summed E-state index contributed by atoms with van der Waals surface area (Å²) in [5, 5.41) is 13.7.